The van der Waals surface area contributed by atoms with Crippen LogP contribution in [0.4, 0.5) is 4.39 Å². The molecule has 1 saturated heterocycles. The zero-order valence-corrected chi connectivity index (χ0v) is 16.8. The van der Waals surface area contributed by atoms with E-state index in [4.69, 9.17) is 0 Å². The maximum absolute atomic E-state index is 14.5. The van der Waals surface area contributed by atoms with E-state index in [0.717, 1.165) is 38.8 Å². The van der Waals surface area contributed by atoms with Gasteiger partial charge in [0.1, 0.15) is 5.82 Å². The van der Waals surface area contributed by atoms with Crippen molar-refractivity contribution >= 4 is 28.6 Å². The van der Waals surface area contributed by atoms with Gasteiger partial charge in [-0.25, -0.2) is 9.37 Å². The first-order chi connectivity index (χ1) is 14.1. The standard InChI is InChI=1S/C22H22FN3O2S/c23-17-10-4-6-12-19(17)26-21(28)16-9-3-5-11-18(16)24-22(26)29-15-20(27)25-13-7-1-2-8-14-25/h3-6,9-12H,1-2,7-8,13-15H2. The number of amides is 1. The first kappa shape index (κ1) is 19.6. The van der Waals surface area contributed by atoms with E-state index in [-0.39, 0.29) is 22.9 Å². The number of rotatable bonds is 4. The predicted octanol–water partition coefficient (Wildman–Crippen LogP) is 4.02. The van der Waals surface area contributed by atoms with Gasteiger partial charge in [0.15, 0.2) is 5.16 Å². The van der Waals surface area contributed by atoms with E-state index < -0.39 is 5.82 Å². The number of carbonyl (C=O) groups excluding carboxylic acids is 1. The fourth-order valence-corrected chi connectivity index (χ4v) is 4.50. The monoisotopic (exact) mass is 411 g/mol. The Hall–Kier alpha value is -2.67. The van der Waals surface area contributed by atoms with Crippen LogP contribution in [-0.2, 0) is 4.79 Å². The molecule has 1 aliphatic heterocycles. The van der Waals surface area contributed by atoms with Crippen LogP contribution in [0.3, 0.4) is 0 Å². The number of benzene rings is 2. The molecular weight excluding hydrogens is 389 g/mol. The Bertz CT molecular complexity index is 1090. The van der Waals surface area contributed by atoms with E-state index in [2.05, 4.69) is 4.98 Å². The van der Waals surface area contributed by atoms with Crippen LogP contribution in [0.1, 0.15) is 25.7 Å². The van der Waals surface area contributed by atoms with E-state index in [9.17, 15) is 14.0 Å². The Morgan fingerprint density at radius 1 is 1.00 bits per heavy atom. The third kappa shape index (κ3) is 4.19. The van der Waals surface area contributed by atoms with Gasteiger partial charge in [-0.1, -0.05) is 48.9 Å². The Labute approximate surface area is 172 Å². The number of hydrogen-bond donors (Lipinski definition) is 0. The average Bonchev–Trinajstić information content (AvgIpc) is 3.03. The van der Waals surface area contributed by atoms with Crippen molar-refractivity contribution in [2.75, 3.05) is 18.8 Å². The van der Waals surface area contributed by atoms with Crippen molar-refractivity contribution in [3.05, 3.63) is 64.7 Å². The zero-order chi connectivity index (χ0) is 20.2. The van der Waals surface area contributed by atoms with E-state index >= 15 is 0 Å². The second kappa shape index (κ2) is 8.78. The molecule has 150 valence electrons. The molecule has 0 N–H and O–H groups in total. The summed E-state index contributed by atoms with van der Waals surface area (Å²) in [4.78, 5) is 32.3. The maximum Gasteiger partial charge on any atom is 0.266 e. The van der Waals surface area contributed by atoms with Gasteiger partial charge in [0, 0.05) is 13.1 Å². The maximum atomic E-state index is 14.5. The molecule has 0 aliphatic carbocycles. The molecule has 7 heteroatoms. The van der Waals surface area contributed by atoms with Gasteiger partial charge in [-0.2, -0.15) is 0 Å². The molecule has 2 heterocycles. The van der Waals surface area contributed by atoms with Crippen LogP contribution in [0.25, 0.3) is 16.6 Å². The van der Waals surface area contributed by atoms with Gasteiger partial charge in [0.05, 0.1) is 22.3 Å². The number of halogens is 1. The first-order valence-corrected chi connectivity index (χ1v) is 10.8. The van der Waals surface area contributed by atoms with Crippen LogP contribution in [0.15, 0.2) is 58.5 Å². The molecular formula is C22H22FN3O2S. The summed E-state index contributed by atoms with van der Waals surface area (Å²) in [5.74, 6) is -0.314. The smallest absolute Gasteiger partial charge is 0.266 e. The van der Waals surface area contributed by atoms with Crippen molar-refractivity contribution in [2.24, 2.45) is 0 Å². The molecule has 3 aromatic rings. The second-order valence-corrected chi connectivity index (χ2v) is 8.03. The molecule has 0 spiro atoms. The summed E-state index contributed by atoms with van der Waals surface area (Å²) in [5, 5.41) is 0.737. The van der Waals surface area contributed by atoms with Crippen molar-refractivity contribution in [1.29, 1.82) is 0 Å². The molecule has 0 radical (unpaired) electrons. The van der Waals surface area contributed by atoms with Gasteiger partial charge < -0.3 is 4.90 Å². The summed E-state index contributed by atoms with van der Waals surface area (Å²) in [6.45, 7) is 1.54. The molecule has 1 aromatic heterocycles. The normalized spacial score (nSPS) is 14.7. The highest BCUT2D eigenvalue weighted by molar-refractivity contribution is 7.99. The molecule has 1 amide bonds. The van der Waals surface area contributed by atoms with Gasteiger partial charge in [-0.05, 0) is 37.1 Å². The van der Waals surface area contributed by atoms with Gasteiger partial charge >= 0.3 is 0 Å². The van der Waals surface area contributed by atoms with Gasteiger partial charge in [0.25, 0.3) is 5.56 Å². The lowest BCUT2D eigenvalue weighted by Crippen LogP contribution is -2.33. The summed E-state index contributed by atoms with van der Waals surface area (Å²) in [6.07, 6.45) is 4.33. The Kier molecular flexibility index (Phi) is 5.94. The first-order valence-electron chi connectivity index (χ1n) is 9.82. The largest absolute Gasteiger partial charge is 0.342 e. The number of aromatic nitrogens is 2. The average molecular weight is 412 g/mol. The van der Waals surface area contributed by atoms with Crippen molar-refractivity contribution in [3.8, 4) is 5.69 Å². The zero-order valence-electron chi connectivity index (χ0n) is 16.0. The number of thioether (sulfide) groups is 1. The van der Waals surface area contributed by atoms with Gasteiger partial charge in [0.2, 0.25) is 5.91 Å². The Morgan fingerprint density at radius 2 is 1.69 bits per heavy atom. The van der Waals surface area contributed by atoms with Gasteiger partial charge in [-0.15, -0.1) is 0 Å². The van der Waals surface area contributed by atoms with Crippen molar-refractivity contribution < 1.29 is 9.18 Å². The molecule has 4 rings (SSSR count). The summed E-state index contributed by atoms with van der Waals surface area (Å²) in [6, 6.07) is 13.1. The summed E-state index contributed by atoms with van der Waals surface area (Å²) in [7, 11) is 0. The predicted molar refractivity (Wildman–Crippen MR) is 113 cm³/mol. The van der Waals surface area contributed by atoms with Crippen molar-refractivity contribution in [1.82, 2.24) is 14.5 Å². The second-order valence-electron chi connectivity index (χ2n) is 7.09. The molecule has 1 fully saturated rings. The fraction of sp³-hybridized carbons (Fsp3) is 0.318. The van der Waals surface area contributed by atoms with Crippen LogP contribution in [0.5, 0.6) is 0 Å². The Morgan fingerprint density at radius 3 is 2.45 bits per heavy atom. The van der Waals surface area contributed by atoms with Crippen LogP contribution >= 0.6 is 11.8 Å². The molecule has 29 heavy (non-hydrogen) atoms. The van der Waals surface area contributed by atoms with Crippen LogP contribution in [-0.4, -0.2) is 39.2 Å². The van der Waals surface area contributed by atoms with Gasteiger partial charge in [-0.3, -0.25) is 14.2 Å². The minimum Gasteiger partial charge on any atom is -0.342 e. The molecule has 1 aliphatic rings. The van der Waals surface area contributed by atoms with Crippen LogP contribution in [0.2, 0.25) is 0 Å². The van der Waals surface area contributed by atoms with E-state index in [1.807, 2.05) is 4.90 Å². The number of nitrogens with zero attached hydrogens (tertiary/aromatic N) is 3. The van der Waals surface area contributed by atoms with Crippen LogP contribution < -0.4 is 5.56 Å². The summed E-state index contributed by atoms with van der Waals surface area (Å²) < 4.78 is 15.8. The third-order valence-corrected chi connectivity index (χ3v) is 6.05. The quantitative estimate of drug-likeness (QED) is 0.481. The highest BCUT2D eigenvalue weighted by atomic mass is 32.2. The molecule has 0 unspecified atom stereocenters. The third-order valence-electron chi connectivity index (χ3n) is 5.12. The topological polar surface area (TPSA) is 55.2 Å². The molecule has 0 bridgehead atoms. The van der Waals surface area contributed by atoms with Crippen molar-refractivity contribution in [3.63, 3.8) is 0 Å². The minimum atomic E-state index is -0.507. The lowest BCUT2D eigenvalue weighted by atomic mass is 10.2. The van der Waals surface area contributed by atoms with Crippen molar-refractivity contribution in [2.45, 2.75) is 30.8 Å². The lowest BCUT2D eigenvalue weighted by Gasteiger charge is -2.20. The minimum absolute atomic E-state index is 0.0272. The van der Waals surface area contributed by atoms with E-state index in [1.54, 1.807) is 42.5 Å². The Balaban J connectivity index is 1.71. The highest BCUT2D eigenvalue weighted by Crippen LogP contribution is 2.23. The lowest BCUT2D eigenvalue weighted by molar-refractivity contribution is -0.128. The number of hydrogen-bond acceptors (Lipinski definition) is 4. The fourth-order valence-electron chi connectivity index (χ4n) is 3.59. The molecule has 0 atom stereocenters. The van der Waals surface area contributed by atoms with Crippen LogP contribution in [0, 0.1) is 5.82 Å². The number of likely N-dealkylation sites (tertiary alicyclic amines) is 1. The number of fused-ring (bicyclic) bond motifs is 1. The SMILES string of the molecule is O=C(CSc1nc2ccccc2c(=O)n1-c1ccccc1F)N1CCCCCC1. The number of carbonyl (C=O) groups is 1. The summed E-state index contributed by atoms with van der Waals surface area (Å²) in [5.41, 5.74) is 0.334. The molecule has 0 saturated carbocycles. The highest BCUT2D eigenvalue weighted by Gasteiger charge is 2.19. The summed E-state index contributed by atoms with van der Waals surface area (Å²) >= 11 is 1.18. The molecule has 5 nitrogen and oxygen atoms in total. The molecule has 2 aromatic carbocycles. The number of para-hydroxylation sites is 2. The van der Waals surface area contributed by atoms with E-state index in [1.165, 1.54) is 22.4 Å². The van der Waals surface area contributed by atoms with E-state index in [0.29, 0.717) is 16.1 Å².